The second kappa shape index (κ2) is 16.1. The summed E-state index contributed by atoms with van der Waals surface area (Å²) in [5.41, 5.74) is 11.4. The molecule has 0 atom stereocenters. The van der Waals surface area contributed by atoms with Crippen LogP contribution in [0.1, 0.15) is 11.1 Å². The van der Waals surface area contributed by atoms with Crippen molar-refractivity contribution in [1.82, 2.24) is 14.5 Å². The first-order chi connectivity index (χ1) is 24.8. The van der Waals surface area contributed by atoms with Crippen LogP contribution in [-0.4, -0.2) is 14.5 Å². The van der Waals surface area contributed by atoms with Crippen molar-refractivity contribution >= 4 is 32.5 Å². The third kappa shape index (κ3) is 7.67. The van der Waals surface area contributed by atoms with Gasteiger partial charge in [-0.3, -0.25) is 16.3 Å². The number of thiophene rings is 1. The average molecular weight is 852 g/mol. The van der Waals surface area contributed by atoms with E-state index in [0.717, 1.165) is 52.2 Å². The van der Waals surface area contributed by atoms with Gasteiger partial charge in [0.2, 0.25) is 0 Å². The number of imidazole rings is 1. The van der Waals surface area contributed by atoms with Crippen molar-refractivity contribution in [2.24, 2.45) is 0 Å². The standard InChI is InChI=1S/C35H25N2S.C11H8N.Ir/c1-3-9-25(10-4-1)15-16-26-17-22-34-30(23-26)31(24-38-34)35-36-32-13-7-8-14-33(32)37(35)29-20-18-28(19-21-29)27-11-5-2-6-12-27;1-2-6-10(7-3-1)11-8-4-5-9-12-11;/h1-14,17-23H,15-16H2;1-6,8-9H;/q2*-1;. The number of aryl methyl sites for hydroxylation is 2. The van der Waals surface area contributed by atoms with Gasteiger partial charge in [-0.1, -0.05) is 130 Å². The van der Waals surface area contributed by atoms with Gasteiger partial charge in [-0.05, 0) is 65.6 Å². The van der Waals surface area contributed by atoms with E-state index in [4.69, 9.17) is 4.98 Å². The number of hydrogen-bond acceptors (Lipinski definition) is 3. The molecule has 0 saturated heterocycles. The van der Waals surface area contributed by atoms with E-state index in [1.54, 1.807) is 17.5 Å². The zero-order valence-electron chi connectivity index (χ0n) is 27.7. The van der Waals surface area contributed by atoms with E-state index in [9.17, 15) is 0 Å². The monoisotopic (exact) mass is 852 g/mol. The van der Waals surface area contributed by atoms with Gasteiger partial charge in [-0.2, -0.15) is 0 Å². The molecule has 6 aromatic carbocycles. The number of hydrogen-bond donors (Lipinski definition) is 0. The van der Waals surface area contributed by atoms with Gasteiger partial charge < -0.3 is 9.55 Å². The van der Waals surface area contributed by atoms with Gasteiger partial charge in [0.05, 0.1) is 16.9 Å². The molecular weight excluding hydrogens is 819 g/mol. The number of nitrogens with zero attached hydrogens (tertiary/aromatic N) is 3. The Morgan fingerprint density at radius 2 is 1.31 bits per heavy atom. The van der Waals surface area contributed by atoms with Crippen molar-refractivity contribution in [3.05, 3.63) is 199 Å². The van der Waals surface area contributed by atoms with Gasteiger partial charge in [-0.15, -0.1) is 47.3 Å². The quantitative estimate of drug-likeness (QED) is 0.150. The van der Waals surface area contributed by atoms with Crippen molar-refractivity contribution in [2.75, 3.05) is 0 Å². The van der Waals surface area contributed by atoms with Crippen molar-refractivity contribution in [2.45, 2.75) is 12.8 Å². The summed E-state index contributed by atoms with van der Waals surface area (Å²) >= 11 is 1.67. The summed E-state index contributed by atoms with van der Waals surface area (Å²) in [6.07, 6.45) is 3.82. The van der Waals surface area contributed by atoms with E-state index in [2.05, 4.69) is 148 Å². The molecule has 0 aliphatic rings. The minimum atomic E-state index is 0. The van der Waals surface area contributed by atoms with Crippen LogP contribution in [0.2, 0.25) is 0 Å². The Hall–Kier alpha value is -5.45. The third-order valence-electron chi connectivity index (χ3n) is 8.79. The largest absolute Gasteiger partial charge is 0.333 e. The number of benzene rings is 6. The van der Waals surface area contributed by atoms with E-state index in [-0.39, 0.29) is 20.1 Å². The summed E-state index contributed by atoms with van der Waals surface area (Å²) < 4.78 is 3.51. The zero-order chi connectivity index (χ0) is 33.5. The van der Waals surface area contributed by atoms with Crippen LogP contribution in [0.15, 0.2) is 176 Å². The predicted molar refractivity (Wildman–Crippen MR) is 209 cm³/mol. The molecular formula is C46H33IrN3S-2. The molecule has 9 aromatic rings. The van der Waals surface area contributed by atoms with Gasteiger partial charge in [0.25, 0.3) is 0 Å². The summed E-state index contributed by atoms with van der Waals surface area (Å²) in [4.78, 5) is 9.34. The molecule has 0 spiro atoms. The minimum Gasteiger partial charge on any atom is -0.333 e. The summed E-state index contributed by atoms with van der Waals surface area (Å²) in [5, 5.41) is 4.82. The fourth-order valence-corrected chi connectivity index (χ4v) is 7.06. The molecule has 9 rings (SSSR count). The van der Waals surface area contributed by atoms with E-state index < -0.39 is 0 Å². The fraction of sp³-hybridized carbons (Fsp3) is 0.0435. The molecule has 249 valence electrons. The van der Waals surface area contributed by atoms with E-state index in [1.807, 2.05) is 42.5 Å². The molecule has 3 aromatic heterocycles. The maximum Gasteiger partial charge on any atom is 0.0774 e. The predicted octanol–water partition coefficient (Wildman–Crippen LogP) is 11.7. The Morgan fingerprint density at radius 1 is 0.608 bits per heavy atom. The molecule has 0 aliphatic heterocycles. The van der Waals surface area contributed by atoms with Gasteiger partial charge in [0, 0.05) is 32.0 Å². The Kier molecular flexibility index (Phi) is 10.7. The summed E-state index contributed by atoms with van der Waals surface area (Å²) in [6, 6.07) is 62.0. The number of aromatic nitrogens is 3. The second-order valence-corrected chi connectivity index (χ2v) is 12.9. The second-order valence-electron chi connectivity index (χ2n) is 12.1. The average Bonchev–Trinajstić information content (AvgIpc) is 3.80. The van der Waals surface area contributed by atoms with Crippen molar-refractivity contribution < 1.29 is 20.1 Å². The van der Waals surface area contributed by atoms with Crippen LogP contribution in [0, 0.1) is 11.4 Å². The zero-order valence-corrected chi connectivity index (χ0v) is 31.0. The van der Waals surface area contributed by atoms with Gasteiger partial charge in [-0.25, -0.2) is 0 Å². The number of rotatable bonds is 7. The Bertz CT molecular complexity index is 2420. The molecule has 3 heterocycles. The third-order valence-corrected chi connectivity index (χ3v) is 9.67. The molecule has 51 heavy (non-hydrogen) atoms. The van der Waals surface area contributed by atoms with Crippen molar-refractivity contribution in [1.29, 1.82) is 0 Å². The van der Waals surface area contributed by atoms with Crippen LogP contribution < -0.4 is 0 Å². The van der Waals surface area contributed by atoms with Crippen LogP contribution >= 0.6 is 11.3 Å². The normalized spacial score (nSPS) is 10.7. The first-order valence-corrected chi connectivity index (χ1v) is 17.6. The van der Waals surface area contributed by atoms with Gasteiger partial charge in [0.15, 0.2) is 0 Å². The number of pyridine rings is 1. The topological polar surface area (TPSA) is 30.7 Å². The van der Waals surface area contributed by atoms with E-state index in [0.29, 0.717) is 0 Å². The summed E-state index contributed by atoms with van der Waals surface area (Å²) in [7, 11) is 0. The first-order valence-electron chi connectivity index (χ1n) is 16.8. The Balaban J connectivity index is 0.000000265. The van der Waals surface area contributed by atoms with E-state index in [1.165, 1.54) is 32.3 Å². The molecule has 0 fully saturated rings. The van der Waals surface area contributed by atoms with Crippen molar-refractivity contribution in [3.8, 4) is 39.5 Å². The van der Waals surface area contributed by atoms with Crippen LogP contribution in [0.25, 0.3) is 60.6 Å². The van der Waals surface area contributed by atoms with Gasteiger partial charge in [0.1, 0.15) is 0 Å². The molecule has 0 amide bonds. The molecule has 0 N–H and O–H groups in total. The van der Waals surface area contributed by atoms with Crippen LogP contribution in [-0.2, 0) is 32.9 Å². The van der Waals surface area contributed by atoms with E-state index >= 15 is 0 Å². The maximum atomic E-state index is 5.12. The summed E-state index contributed by atoms with van der Waals surface area (Å²) in [5.74, 6) is 0.935. The molecule has 0 saturated carbocycles. The Morgan fingerprint density at radius 3 is 2.08 bits per heavy atom. The van der Waals surface area contributed by atoms with Crippen LogP contribution in [0.5, 0.6) is 0 Å². The SMILES string of the molecule is [Ir].[c-]1ccccc1-c1ccccn1.[c-]1sc2ccc(CCc3ccccc3)cc2c1-c1nc2ccccc2n1-c1ccc(-c2ccccc2)cc1. The molecule has 5 heteroatoms. The van der Waals surface area contributed by atoms with Gasteiger partial charge >= 0.3 is 0 Å². The minimum absolute atomic E-state index is 0. The fourth-order valence-electron chi connectivity index (χ4n) is 6.24. The van der Waals surface area contributed by atoms with Crippen molar-refractivity contribution in [3.63, 3.8) is 0 Å². The molecule has 1 radical (unpaired) electrons. The summed E-state index contributed by atoms with van der Waals surface area (Å²) in [6.45, 7) is 0. The molecule has 3 nitrogen and oxygen atoms in total. The number of fused-ring (bicyclic) bond motifs is 2. The maximum absolute atomic E-state index is 5.12. The smallest absolute Gasteiger partial charge is 0.0774 e. The van der Waals surface area contributed by atoms with Crippen LogP contribution in [0.4, 0.5) is 0 Å². The first kappa shape index (κ1) is 34.0. The Labute approximate surface area is 316 Å². The number of para-hydroxylation sites is 2. The molecule has 0 aliphatic carbocycles. The van der Waals surface area contributed by atoms with Crippen LogP contribution in [0.3, 0.4) is 0 Å². The molecule has 0 unspecified atom stereocenters. The molecule has 0 bridgehead atoms.